The SMILES string of the molecule is CC(OC(=O)c1cc([N+](=O)[O-])ccc1NCCO)C(=O)c1c[nH]c2ccccc12. The number of fused-ring (bicyclic) bond motifs is 1. The van der Waals surface area contributed by atoms with Crippen LogP contribution in [0.2, 0.25) is 0 Å². The van der Waals surface area contributed by atoms with Crippen molar-refractivity contribution in [2.75, 3.05) is 18.5 Å². The van der Waals surface area contributed by atoms with Crippen molar-refractivity contribution in [3.63, 3.8) is 0 Å². The molecule has 0 aliphatic heterocycles. The number of ether oxygens (including phenoxy) is 1. The first-order chi connectivity index (χ1) is 13.9. The van der Waals surface area contributed by atoms with Crippen LogP contribution >= 0.6 is 0 Å². The molecule has 0 spiro atoms. The van der Waals surface area contributed by atoms with E-state index in [-0.39, 0.29) is 30.1 Å². The molecule has 0 fully saturated rings. The molecule has 1 atom stereocenters. The molecule has 0 amide bonds. The molecule has 0 saturated heterocycles. The number of carbonyl (C=O) groups excluding carboxylic acids is 2. The van der Waals surface area contributed by atoms with E-state index in [2.05, 4.69) is 10.3 Å². The zero-order chi connectivity index (χ0) is 21.0. The Labute approximate surface area is 165 Å². The number of anilines is 1. The van der Waals surface area contributed by atoms with Crippen molar-refractivity contribution < 1.29 is 24.4 Å². The molecule has 0 radical (unpaired) electrons. The van der Waals surface area contributed by atoms with E-state index in [1.165, 1.54) is 19.1 Å². The van der Waals surface area contributed by atoms with E-state index in [1.807, 2.05) is 12.1 Å². The molecular formula is C20H19N3O6. The predicted octanol–water partition coefficient (Wildman–Crippen LogP) is 2.91. The van der Waals surface area contributed by atoms with Gasteiger partial charge in [-0.25, -0.2) is 4.79 Å². The minimum Gasteiger partial charge on any atom is -0.451 e. The molecule has 150 valence electrons. The maximum atomic E-state index is 12.8. The minimum absolute atomic E-state index is 0.0915. The summed E-state index contributed by atoms with van der Waals surface area (Å²) in [6.45, 7) is 1.39. The van der Waals surface area contributed by atoms with E-state index in [4.69, 9.17) is 9.84 Å². The number of hydrogen-bond acceptors (Lipinski definition) is 7. The number of aromatic amines is 1. The van der Waals surface area contributed by atoms with E-state index in [0.717, 1.165) is 11.6 Å². The molecule has 2 aromatic carbocycles. The molecule has 1 aromatic heterocycles. The molecule has 0 aliphatic rings. The van der Waals surface area contributed by atoms with Crippen molar-refractivity contribution in [2.24, 2.45) is 0 Å². The van der Waals surface area contributed by atoms with Gasteiger partial charge in [0.25, 0.3) is 5.69 Å². The fourth-order valence-corrected chi connectivity index (χ4v) is 2.93. The number of nitrogens with zero attached hydrogens (tertiary/aromatic N) is 1. The summed E-state index contributed by atoms with van der Waals surface area (Å²) in [5.74, 6) is -1.28. The number of hydrogen-bond donors (Lipinski definition) is 3. The van der Waals surface area contributed by atoms with Crippen LogP contribution in [0.15, 0.2) is 48.7 Å². The number of nitro groups is 1. The monoisotopic (exact) mass is 397 g/mol. The summed E-state index contributed by atoms with van der Waals surface area (Å²) >= 11 is 0. The van der Waals surface area contributed by atoms with Gasteiger partial charge in [-0.2, -0.15) is 0 Å². The summed E-state index contributed by atoms with van der Waals surface area (Å²) in [6.07, 6.45) is 0.450. The number of Topliss-reactive ketones (excluding diaryl/α,β-unsaturated/α-hetero) is 1. The van der Waals surface area contributed by atoms with Crippen molar-refractivity contribution >= 4 is 34.0 Å². The Morgan fingerprint density at radius 1 is 1.24 bits per heavy atom. The highest BCUT2D eigenvalue weighted by atomic mass is 16.6. The lowest BCUT2D eigenvalue weighted by molar-refractivity contribution is -0.384. The standard InChI is InChI=1S/C20H19N3O6/c1-12(19(25)16-11-22-17-5-3-2-4-14(16)17)29-20(26)15-10-13(23(27)28)6-7-18(15)21-8-9-24/h2-7,10-12,21-22,24H,8-9H2,1H3. The summed E-state index contributed by atoms with van der Waals surface area (Å²) in [7, 11) is 0. The fourth-order valence-electron chi connectivity index (χ4n) is 2.93. The molecular weight excluding hydrogens is 378 g/mol. The van der Waals surface area contributed by atoms with Crippen molar-refractivity contribution in [1.29, 1.82) is 0 Å². The summed E-state index contributed by atoms with van der Waals surface area (Å²) < 4.78 is 5.30. The quantitative estimate of drug-likeness (QED) is 0.230. The highest BCUT2D eigenvalue weighted by Gasteiger charge is 2.25. The number of benzene rings is 2. The third-order valence-electron chi connectivity index (χ3n) is 4.37. The van der Waals surface area contributed by atoms with E-state index in [0.29, 0.717) is 10.9 Å². The second kappa shape index (κ2) is 8.53. The molecule has 9 heteroatoms. The number of rotatable bonds is 8. The van der Waals surface area contributed by atoms with E-state index in [1.54, 1.807) is 18.3 Å². The van der Waals surface area contributed by atoms with E-state index in [9.17, 15) is 19.7 Å². The third kappa shape index (κ3) is 4.25. The fraction of sp³-hybridized carbons (Fsp3) is 0.200. The Bertz CT molecular complexity index is 1080. The number of esters is 1. The van der Waals surface area contributed by atoms with Crippen LogP contribution in [-0.4, -0.2) is 46.0 Å². The topological polar surface area (TPSA) is 135 Å². The van der Waals surface area contributed by atoms with Gasteiger partial charge in [-0.1, -0.05) is 18.2 Å². The first kappa shape index (κ1) is 20.0. The number of nitrogens with one attached hydrogen (secondary N) is 2. The number of nitro benzene ring substituents is 1. The number of aliphatic hydroxyl groups is 1. The van der Waals surface area contributed by atoms with Gasteiger partial charge in [0.1, 0.15) is 0 Å². The van der Waals surface area contributed by atoms with Gasteiger partial charge in [-0.15, -0.1) is 0 Å². The van der Waals surface area contributed by atoms with Gasteiger partial charge >= 0.3 is 5.97 Å². The second-order valence-electron chi connectivity index (χ2n) is 6.30. The van der Waals surface area contributed by atoms with Crippen molar-refractivity contribution in [1.82, 2.24) is 4.98 Å². The lowest BCUT2D eigenvalue weighted by Crippen LogP contribution is -2.25. The molecule has 3 rings (SSSR count). The Kier molecular flexibility index (Phi) is 5.89. The van der Waals surface area contributed by atoms with E-state index >= 15 is 0 Å². The molecule has 0 bridgehead atoms. The third-order valence-corrected chi connectivity index (χ3v) is 4.37. The van der Waals surface area contributed by atoms with Crippen molar-refractivity contribution in [3.8, 4) is 0 Å². The van der Waals surface area contributed by atoms with Gasteiger partial charge in [0.05, 0.1) is 17.1 Å². The molecule has 1 heterocycles. The second-order valence-corrected chi connectivity index (χ2v) is 6.30. The van der Waals surface area contributed by atoms with Crippen LogP contribution in [-0.2, 0) is 4.74 Å². The smallest absolute Gasteiger partial charge is 0.341 e. The normalized spacial score (nSPS) is 11.8. The number of aromatic nitrogens is 1. The number of para-hydroxylation sites is 1. The Balaban J connectivity index is 1.84. The summed E-state index contributed by atoms with van der Waals surface area (Å²) in [4.78, 5) is 38.8. The number of ketones is 1. The molecule has 29 heavy (non-hydrogen) atoms. The van der Waals surface area contributed by atoms with Crippen LogP contribution in [0.25, 0.3) is 10.9 Å². The van der Waals surface area contributed by atoms with Crippen LogP contribution in [0.1, 0.15) is 27.6 Å². The lowest BCUT2D eigenvalue weighted by Gasteiger charge is -2.15. The highest BCUT2D eigenvalue weighted by Crippen LogP contribution is 2.25. The van der Waals surface area contributed by atoms with Gasteiger partial charge in [0.2, 0.25) is 5.78 Å². The van der Waals surface area contributed by atoms with Crippen LogP contribution in [0.5, 0.6) is 0 Å². The average molecular weight is 397 g/mol. The number of non-ortho nitro benzene ring substituents is 1. The highest BCUT2D eigenvalue weighted by molar-refractivity contribution is 6.10. The molecule has 3 aromatic rings. The Morgan fingerprint density at radius 3 is 2.72 bits per heavy atom. The molecule has 0 saturated carbocycles. The molecule has 1 unspecified atom stereocenters. The van der Waals surface area contributed by atoms with Crippen LogP contribution < -0.4 is 5.32 Å². The number of aliphatic hydroxyl groups excluding tert-OH is 1. The zero-order valence-corrected chi connectivity index (χ0v) is 15.5. The first-order valence-electron chi connectivity index (χ1n) is 8.87. The minimum atomic E-state index is -1.10. The summed E-state index contributed by atoms with van der Waals surface area (Å²) in [5, 5.41) is 23.5. The molecule has 3 N–H and O–H groups in total. The number of H-pyrrole nitrogens is 1. The van der Waals surface area contributed by atoms with Crippen LogP contribution in [0.4, 0.5) is 11.4 Å². The maximum absolute atomic E-state index is 12.8. The summed E-state index contributed by atoms with van der Waals surface area (Å²) in [6, 6.07) is 10.9. The Morgan fingerprint density at radius 2 is 2.00 bits per heavy atom. The lowest BCUT2D eigenvalue weighted by atomic mass is 10.1. The Hall–Kier alpha value is -3.72. The predicted molar refractivity (Wildman–Crippen MR) is 106 cm³/mol. The van der Waals surface area contributed by atoms with Crippen LogP contribution in [0, 0.1) is 10.1 Å². The number of carbonyl (C=O) groups is 2. The van der Waals surface area contributed by atoms with Gasteiger partial charge in [0, 0.05) is 47.0 Å². The van der Waals surface area contributed by atoms with E-state index < -0.39 is 22.8 Å². The zero-order valence-electron chi connectivity index (χ0n) is 15.5. The average Bonchev–Trinajstić information content (AvgIpc) is 3.15. The van der Waals surface area contributed by atoms with Gasteiger partial charge < -0.3 is 20.1 Å². The molecule has 0 aliphatic carbocycles. The van der Waals surface area contributed by atoms with Gasteiger partial charge in [0.15, 0.2) is 6.10 Å². The first-order valence-corrected chi connectivity index (χ1v) is 8.87. The maximum Gasteiger partial charge on any atom is 0.341 e. The molecule has 9 nitrogen and oxygen atoms in total. The largest absolute Gasteiger partial charge is 0.451 e. The van der Waals surface area contributed by atoms with Crippen molar-refractivity contribution in [3.05, 3.63) is 69.9 Å². The van der Waals surface area contributed by atoms with Crippen LogP contribution in [0.3, 0.4) is 0 Å². The van der Waals surface area contributed by atoms with Gasteiger partial charge in [-0.3, -0.25) is 14.9 Å². The summed E-state index contributed by atoms with van der Waals surface area (Å²) in [5.41, 5.74) is 1.05. The van der Waals surface area contributed by atoms with Gasteiger partial charge in [-0.05, 0) is 19.1 Å². The van der Waals surface area contributed by atoms with Crippen molar-refractivity contribution in [2.45, 2.75) is 13.0 Å².